The molecule has 1 aliphatic rings. The van der Waals surface area contributed by atoms with Crippen molar-refractivity contribution in [3.8, 4) is 5.75 Å². The van der Waals surface area contributed by atoms with Crippen molar-refractivity contribution in [2.24, 2.45) is 4.99 Å². The summed E-state index contributed by atoms with van der Waals surface area (Å²) in [6, 6.07) is 14.7. The van der Waals surface area contributed by atoms with Crippen molar-refractivity contribution in [1.82, 2.24) is 15.5 Å². The molecule has 1 fully saturated rings. The number of hydrogen-bond acceptors (Lipinski definition) is 3. The molecule has 0 aliphatic carbocycles. The molecule has 30 heavy (non-hydrogen) atoms. The Labute approximate surface area is 174 Å². The van der Waals surface area contributed by atoms with Crippen molar-refractivity contribution in [3.63, 3.8) is 0 Å². The van der Waals surface area contributed by atoms with Crippen LogP contribution < -0.4 is 15.4 Å². The Balaban J connectivity index is 1.53. The van der Waals surface area contributed by atoms with E-state index in [9.17, 15) is 13.6 Å². The van der Waals surface area contributed by atoms with Crippen molar-refractivity contribution in [1.29, 1.82) is 0 Å². The van der Waals surface area contributed by atoms with E-state index in [0.717, 1.165) is 24.1 Å². The van der Waals surface area contributed by atoms with E-state index in [0.29, 0.717) is 37.6 Å². The number of nitrogens with zero attached hydrogens (tertiary/aromatic N) is 2. The number of guanidine groups is 1. The van der Waals surface area contributed by atoms with E-state index < -0.39 is 6.61 Å². The van der Waals surface area contributed by atoms with Crippen molar-refractivity contribution in [2.45, 2.75) is 39.1 Å². The molecule has 0 spiro atoms. The fourth-order valence-electron chi connectivity index (χ4n) is 3.38. The van der Waals surface area contributed by atoms with Gasteiger partial charge in [0.25, 0.3) is 0 Å². The number of carbonyl (C=O) groups is 1. The first-order valence-corrected chi connectivity index (χ1v) is 9.88. The summed E-state index contributed by atoms with van der Waals surface area (Å²) in [4.78, 5) is 17.9. The number of aliphatic imine (C=N–C) groups is 1. The van der Waals surface area contributed by atoms with Crippen LogP contribution >= 0.6 is 0 Å². The highest BCUT2D eigenvalue weighted by atomic mass is 19.3. The van der Waals surface area contributed by atoms with Gasteiger partial charge in [0.2, 0.25) is 5.91 Å². The molecular formula is C22H26F2N4O2. The van der Waals surface area contributed by atoms with Crippen molar-refractivity contribution < 1.29 is 18.3 Å². The van der Waals surface area contributed by atoms with Gasteiger partial charge < -0.3 is 20.3 Å². The first-order chi connectivity index (χ1) is 14.5. The molecule has 1 heterocycles. The van der Waals surface area contributed by atoms with Crippen LogP contribution in [0.25, 0.3) is 0 Å². The van der Waals surface area contributed by atoms with Crippen LogP contribution in [0.5, 0.6) is 5.75 Å². The van der Waals surface area contributed by atoms with Crippen LogP contribution in [0.4, 0.5) is 8.78 Å². The molecule has 0 radical (unpaired) electrons. The lowest BCUT2D eigenvalue weighted by Crippen LogP contribution is -2.36. The maximum absolute atomic E-state index is 12.6. The third-order valence-corrected chi connectivity index (χ3v) is 4.85. The van der Waals surface area contributed by atoms with Gasteiger partial charge in [0.15, 0.2) is 5.96 Å². The van der Waals surface area contributed by atoms with Crippen LogP contribution in [0.3, 0.4) is 0 Å². The first kappa shape index (κ1) is 21.5. The van der Waals surface area contributed by atoms with Crippen LogP contribution in [-0.4, -0.2) is 37.0 Å². The highest BCUT2D eigenvalue weighted by molar-refractivity contribution is 5.79. The minimum absolute atomic E-state index is 0.139. The minimum Gasteiger partial charge on any atom is -0.434 e. The molecule has 1 amide bonds. The number of hydrogen-bond donors (Lipinski definition) is 2. The number of rotatable bonds is 8. The fourth-order valence-corrected chi connectivity index (χ4v) is 3.38. The van der Waals surface area contributed by atoms with Crippen LogP contribution in [0.15, 0.2) is 53.5 Å². The summed E-state index contributed by atoms with van der Waals surface area (Å²) in [6.07, 6.45) is 1.56. The topological polar surface area (TPSA) is 66.0 Å². The monoisotopic (exact) mass is 416 g/mol. The quantitative estimate of drug-likeness (QED) is 0.512. The lowest BCUT2D eigenvalue weighted by Gasteiger charge is -2.17. The van der Waals surface area contributed by atoms with Gasteiger partial charge >= 0.3 is 6.61 Å². The number of halogens is 2. The average molecular weight is 416 g/mol. The fraction of sp³-hybridized carbons (Fsp3) is 0.364. The Morgan fingerprint density at radius 1 is 1.13 bits per heavy atom. The van der Waals surface area contributed by atoms with Crippen molar-refractivity contribution >= 4 is 11.9 Å². The predicted molar refractivity (Wildman–Crippen MR) is 111 cm³/mol. The van der Waals surface area contributed by atoms with E-state index >= 15 is 0 Å². The number of para-hydroxylation sites is 1. The Hall–Kier alpha value is -3.16. The Kier molecular flexibility index (Phi) is 7.59. The molecule has 0 atom stereocenters. The van der Waals surface area contributed by atoms with Gasteiger partial charge in [0.05, 0.1) is 0 Å². The van der Waals surface area contributed by atoms with Crippen LogP contribution in [0.1, 0.15) is 29.5 Å². The third-order valence-electron chi connectivity index (χ3n) is 4.85. The lowest BCUT2D eigenvalue weighted by atomic mass is 10.1. The van der Waals surface area contributed by atoms with Crippen LogP contribution in [0, 0.1) is 0 Å². The summed E-state index contributed by atoms with van der Waals surface area (Å²) >= 11 is 0. The molecular weight excluding hydrogens is 390 g/mol. The molecule has 160 valence electrons. The second-order valence-electron chi connectivity index (χ2n) is 7.00. The van der Waals surface area contributed by atoms with E-state index in [4.69, 9.17) is 0 Å². The molecule has 6 nitrogen and oxygen atoms in total. The zero-order chi connectivity index (χ0) is 21.3. The smallest absolute Gasteiger partial charge is 0.387 e. The van der Waals surface area contributed by atoms with E-state index in [2.05, 4.69) is 26.4 Å². The summed E-state index contributed by atoms with van der Waals surface area (Å²) in [5.74, 6) is 0.890. The second-order valence-corrected chi connectivity index (χ2v) is 7.00. The van der Waals surface area contributed by atoms with Gasteiger partial charge in [-0.05, 0) is 23.6 Å². The average Bonchev–Trinajstić information content (AvgIpc) is 3.13. The maximum atomic E-state index is 12.6. The van der Waals surface area contributed by atoms with Gasteiger partial charge in [0, 0.05) is 45.2 Å². The number of ether oxygens (including phenoxy) is 1. The highest BCUT2D eigenvalue weighted by Crippen LogP contribution is 2.20. The summed E-state index contributed by atoms with van der Waals surface area (Å²) in [7, 11) is 1.65. The molecule has 2 aromatic carbocycles. The van der Waals surface area contributed by atoms with Crippen LogP contribution in [0.2, 0.25) is 0 Å². The van der Waals surface area contributed by atoms with Gasteiger partial charge in [-0.25, -0.2) is 0 Å². The maximum Gasteiger partial charge on any atom is 0.387 e. The van der Waals surface area contributed by atoms with Gasteiger partial charge in [-0.15, -0.1) is 0 Å². The Morgan fingerprint density at radius 2 is 1.90 bits per heavy atom. The van der Waals surface area contributed by atoms with E-state index in [1.807, 2.05) is 23.1 Å². The van der Waals surface area contributed by atoms with Gasteiger partial charge in [-0.3, -0.25) is 9.79 Å². The van der Waals surface area contributed by atoms with Crippen molar-refractivity contribution in [2.75, 3.05) is 13.6 Å². The standard InChI is InChI=1S/C22H26F2N4O2/c1-25-22(27-14-18-8-2-3-9-19(18)30-21(23)24)26-13-16-6-4-7-17(12-16)15-28-11-5-10-20(28)29/h2-4,6-9,12,21H,5,10-11,13-15H2,1H3,(H2,25,26,27). The Morgan fingerprint density at radius 3 is 2.63 bits per heavy atom. The van der Waals surface area contributed by atoms with E-state index in [1.165, 1.54) is 6.07 Å². The number of alkyl halides is 2. The number of amides is 1. The molecule has 0 saturated carbocycles. The molecule has 0 aromatic heterocycles. The number of nitrogens with one attached hydrogen (secondary N) is 2. The molecule has 1 aliphatic heterocycles. The number of benzene rings is 2. The largest absolute Gasteiger partial charge is 0.434 e. The lowest BCUT2D eigenvalue weighted by molar-refractivity contribution is -0.128. The van der Waals surface area contributed by atoms with E-state index in [-0.39, 0.29) is 11.7 Å². The molecule has 0 bridgehead atoms. The molecule has 1 saturated heterocycles. The zero-order valence-electron chi connectivity index (χ0n) is 16.9. The third kappa shape index (κ3) is 6.17. The molecule has 2 aromatic rings. The molecule has 3 rings (SSSR count). The minimum atomic E-state index is -2.87. The first-order valence-electron chi connectivity index (χ1n) is 9.88. The number of carbonyl (C=O) groups excluding carboxylic acids is 1. The summed E-state index contributed by atoms with van der Waals surface area (Å²) in [5.41, 5.74) is 2.76. The molecule has 2 N–H and O–H groups in total. The van der Waals surface area contributed by atoms with Gasteiger partial charge in [-0.1, -0.05) is 42.5 Å². The zero-order valence-corrected chi connectivity index (χ0v) is 16.9. The van der Waals surface area contributed by atoms with Crippen molar-refractivity contribution in [3.05, 3.63) is 65.2 Å². The second kappa shape index (κ2) is 10.6. The SMILES string of the molecule is CN=C(NCc1cccc(CN2CCCC2=O)c1)NCc1ccccc1OC(F)F. The van der Waals surface area contributed by atoms with Crippen LogP contribution in [-0.2, 0) is 24.4 Å². The molecule has 8 heteroatoms. The summed E-state index contributed by atoms with van der Waals surface area (Å²) in [5, 5.41) is 6.33. The van der Waals surface area contributed by atoms with Gasteiger partial charge in [-0.2, -0.15) is 8.78 Å². The molecule has 0 unspecified atom stereocenters. The van der Waals surface area contributed by atoms with Gasteiger partial charge in [0.1, 0.15) is 5.75 Å². The predicted octanol–water partition coefficient (Wildman–Crippen LogP) is 3.28. The normalized spacial score (nSPS) is 14.3. The number of likely N-dealkylation sites (tertiary alicyclic amines) is 1. The summed E-state index contributed by atoms with van der Waals surface area (Å²) in [6.45, 7) is -0.599. The highest BCUT2D eigenvalue weighted by Gasteiger charge is 2.19. The summed E-state index contributed by atoms with van der Waals surface area (Å²) < 4.78 is 29.7. The van der Waals surface area contributed by atoms with E-state index in [1.54, 1.807) is 25.2 Å². The Bertz CT molecular complexity index is 889.